The summed E-state index contributed by atoms with van der Waals surface area (Å²) in [4.78, 5) is 22.0. The van der Waals surface area contributed by atoms with Gasteiger partial charge in [-0.1, -0.05) is 6.58 Å². The van der Waals surface area contributed by atoms with Crippen LogP contribution in [0.1, 0.15) is 12.8 Å². The molecule has 0 unspecified atom stereocenters. The lowest BCUT2D eigenvalue weighted by Crippen LogP contribution is -2.29. The normalized spacial score (nSPS) is 20.1. The van der Waals surface area contributed by atoms with Gasteiger partial charge < -0.3 is 14.8 Å². The van der Waals surface area contributed by atoms with Gasteiger partial charge in [-0.25, -0.2) is 4.79 Å². The van der Waals surface area contributed by atoms with Crippen LogP contribution >= 0.6 is 0 Å². The molecule has 0 aliphatic carbocycles. The molecule has 1 N–H and O–H groups in total. The summed E-state index contributed by atoms with van der Waals surface area (Å²) in [5.74, 6) is -0.263. The molecular formula is C10H13NO4. The van der Waals surface area contributed by atoms with Gasteiger partial charge in [0, 0.05) is 18.9 Å². The molecule has 1 fully saturated rings. The molecule has 1 heterocycles. The lowest BCUT2D eigenvalue weighted by Gasteiger charge is -2.09. The Morgan fingerprint density at radius 2 is 2.33 bits per heavy atom. The van der Waals surface area contributed by atoms with E-state index in [0.717, 1.165) is 0 Å². The van der Waals surface area contributed by atoms with E-state index in [1.54, 1.807) is 0 Å². The van der Waals surface area contributed by atoms with Crippen LogP contribution in [0, 0.1) is 0 Å². The molecule has 1 rings (SSSR count). The first-order valence-corrected chi connectivity index (χ1v) is 4.53. The smallest absolute Gasteiger partial charge is 0.332 e. The largest absolute Gasteiger partial charge is 0.497 e. The van der Waals surface area contributed by atoms with E-state index in [1.165, 1.54) is 19.3 Å². The summed E-state index contributed by atoms with van der Waals surface area (Å²) in [6.45, 7) is 3.50. The number of ether oxygens (including phenoxy) is 2. The summed E-state index contributed by atoms with van der Waals surface area (Å²) in [6.07, 6.45) is 3.01. The summed E-state index contributed by atoms with van der Waals surface area (Å²) in [5, 5.41) is 2.52. The highest BCUT2D eigenvalue weighted by Crippen LogP contribution is 2.08. The van der Waals surface area contributed by atoms with Crippen LogP contribution in [0.2, 0.25) is 0 Å². The number of hydrogen-bond donors (Lipinski definition) is 1. The minimum Gasteiger partial charge on any atom is -0.497 e. The molecule has 15 heavy (non-hydrogen) atoms. The number of nitrogens with one attached hydrogen (secondary N) is 1. The number of amides is 1. The Balaban J connectivity index is 2.33. The molecule has 0 saturated carbocycles. The van der Waals surface area contributed by atoms with Crippen molar-refractivity contribution in [2.75, 3.05) is 7.11 Å². The Labute approximate surface area is 87.7 Å². The zero-order chi connectivity index (χ0) is 11.3. The van der Waals surface area contributed by atoms with Crippen molar-refractivity contribution >= 4 is 11.9 Å². The molecule has 1 amide bonds. The van der Waals surface area contributed by atoms with Gasteiger partial charge in [0.25, 0.3) is 0 Å². The first kappa shape index (κ1) is 11.3. The Bertz CT molecular complexity index is 309. The Morgan fingerprint density at radius 3 is 2.87 bits per heavy atom. The fourth-order valence-corrected chi connectivity index (χ4v) is 1.08. The second-order valence-corrected chi connectivity index (χ2v) is 3.04. The van der Waals surface area contributed by atoms with Gasteiger partial charge in [0.1, 0.15) is 5.76 Å². The molecule has 0 spiro atoms. The summed E-state index contributed by atoms with van der Waals surface area (Å²) in [6, 6.07) is 0. The van der Waals surface area contributed by atoms with Crippen molar-refractivity contribution in [3.63, 3.8) is 0 Å². The SMILES string of the molecule is C=C(/C=C/C(=O)O[C@@H]1CCC(=O)N1)OC. The fourth-order valence-electron chi connectivity index (χ4n) is 1.08. The summed E-state index contributed by atoms with van der Waals surface area (Å²) in [5.41, 5.74) is 0. The van der Waals surface area contributed by atoms with Crippen molar-refractivity contribution in [2.24, 2.45) is 0 Å². The monoisotopic (exact) mass is 211 g/mol. The maximum Gasteiger partial charge on any atom is 0.332 e. The van der Waals surface area contributed by atoms with Crippen molar-refractivity contribution in [3.8, 4) is 0 Å². The first-order chi connectivity index (χ1) is 7.11. The number of rotatable bonds is 4. The van der Waals surface area contributed by atoms with E-state index in [-0.39, 0.29) is 5.91 Å². The summed E-state index contributed by atoms with van der Waals surface area (Å²) in [7, 11) is 1.45. The van der Waals surface area contributed by atoms with Crippen LogP contribution in [0.25, 0.3) is 0 Å². The van der Waals surface area contributed by atoms with Crippen molar-refractivity contribution in [2.45, 2.75) is 19.1 Å². The molecular weight excluding hydrogens is 198 g/mol. The third-order valence-corrected chi connectivity index (χ3v) is 1.88. The second-order valence-electron chi connectivity index (χ2n) is 3.04. The third-order valence-electron chi connectivity index (χ3n) is 1.88. The fraction of sp³-hybridized carbons (Fsp3) is 0.400. The second kappa shape index (κ2) is 5.19. The van der Waals surface area contributed by atoms with Crippen molar-refractivity contribution in [1.82, 2.24) is 5.32 Å². The number of hydrogen-bond acceptors (Lipinski definition) is 4. The zero-order valence-corrected chi connectivity index (χ0v) is 8.49. The molecule has 0 aromatic rings. The molecule has 0 bridgehead atoms. The van der Waals surface area contributed by atoms with Gasteiger partial charge in [0.05, 0.1) is 7.11 Å². The minimum absolute atomic E-state index is 0.0990. The predicted octanol–water partition coefficient (Wildman–Crippen LogP) is 0.482. The topological polar surface area (TPSA) is 64.6 Å². The van der Waals surface area contributed by atoms with E-state index in [4.69, 9.17) is 9.47 Å². The van der Waals surface area contributed by atoms with E-state index in [0.29, 0.717) is 18.6 Å². The highest BCUT2D eigenvalue weighted by molar-refractivity contribution is 5.83. The molecule has 5 heteroatoms. The summed E-state index contributed by atoms with van der Waals surface area (Å²) >= 11 is 0. The number of allylic oxidation sites excluding steroid dienone is 1. The maximum atomic E-state index is 11.2. The maximum absolute atomic E-state index is 11.2. The molecule has 0 radical (unpaired) electrons. The number of carbonyl (C=O) groups excluding carboxylic acids is 2. The highest BCUT2D eigenvalue weighted by Gasteiger charge is 2.23. The number of methoxy groups -OCH3 is 1. The molecule has 1 aliphatic rings. The highest BCUT2D eigenvalue weighted by atomic mass is 16.6. The molecule has 5 nitrogen and oxygen atoms in total. The zero-order valence-electron chi connectivity index (χ0n) is 8.49. The van der Waals surface area contributed by atoms with Crippen molar-refractivity contribution in [1.29, 1.82) is 0 Å². The van der Waals surface area contributed by atoms with Crippen LogP contribution in [0.15, 0.2) is 24.5 Å². The molecule has 0 aromatic carbocycles. The van der Waals surface area contributed by atoms with Crippen molar-refractivity contribution < 1.29 is 19.1 Å². The molecule has 1 atom stereocenters. The van der Waals surface area contributed by atoms with Gasteiger partial charge in [-0.05, 0) is 6.08 Å². The predicted molar refractivity (Wildman–Crippen MR) is 52.5 cm³/mol. The van der Waals surface area contributed by atoms with Crippen LogP contribution in [-0.2, 0) is 19.1 Å². The van der Waals surface area contributed by atoms with Crippen molar-refractivity contribution in [3.05, 3.63) is 24.5 Å². The molecule has 1 saturated heterocycles. The van der Waals surface area contributed by atoms with Gasteiger partial charge in [-0.3, -0.25) is 4.79 Å². The molecule has 1 aliphatic heterocycles. The van der Waals surface area contributed by atoms with Crippen LogP contribution < -0.4 is 5.32 Å². The molecule has 0 aromatic heterocycles. The number of carbonyl (C=O) groups is 2. The van der Waals surface area contributed by atoms with Gasteiger partial charge in [-0.2, -0.15) is 0 Å². The molecule has 82 valence electrons. The Morgan fingerprint density at radius 1 is 1.60 bits per heavy atom. The van der Waals surface area contributed by atoms with E-state index in [2.05, 4.69) is 11.9 Å². The van der Waals surface area contributed by atoms with E-state index < -0.39 is 12.2 Å². The van der Waals surface area contributed by atoms with E-state index in [1.807, 2.05) is 0 Å². The lowest BCUT2D eigenvalue weighted by molar-refractivity contribution is -0.144. The Kier molecular flexibility index (Phi) is 3.91. The Hall–Kier alpha value is -1.78. The van der Waals surface area contributed by atoms with Gasteiger partial charge in [-0.15, -0.1) is 0 Å². The van der Waals surface area contributed by atoms with Crippen LogP contribution in [0.4, 0.5) is 0 Å². The quantitative estimate of drug-likeness (QED) is 0.318. The van der Waals surface area contributed by atoms with Gasteiger partial charge in [0.2, 0.25) is 5.91 Å². The van der Waals surface area contributed by atoms with Crippen LogP contribution in [0.3, 0.4) is 0 Å². The third kappa shape index (κ3) is 3.84. The van der Waals surface area contributed by atoms with E-state index in [9.17, 15) is 9.59 Å². The van der Waals surface area contributed by atoms with Crippen LogP contribution in [-0.4, -0.2) is 25.2 Å². The standard InChI is InChI=1S/C10H13NO4/c1-7(14-2)3-6-10(13)15-9-5-4-8(12)11-9/h3,6,9H,1,4-5H2,2H3,(H,11,12)/b6-3+/t9-/m1/s1. The number of esters is 1. The average Bonchev–Trinajstić information content (AvgIpc) is 2.60. The first-order valence-electron chi connectivity index (χ1n) is 4.53. The van der Waals surface area contributed by atoms with Crippen LogP contribution in [0.5, 0.6) is 0 Å². The van der Waals surface area contributed by atoms with Gasteiger partial charge in [0.15, 0.2) is 6.23 Å². The lowest BCUT2D eigenvalue weighted by atomic mass is 10.3. The minimum atomic E-state index is -0.527. The average molecular weight is 211 g/mol. The van der Waals surface area contributed by atoms with E-state index >= 15 is 0 Å². The van der Waals surface area contributed by atoms with Gasteiger partial charge >= 0.3 is 5.97 Å². The summed E-state index contributed by atoms with van der Waals surface area (Å²) < 4.78 is 9.65.